The molecule has 0 bridgehead atoms. The van der Waals surface area contributed by atoms with Crippen LogP contribution in [0.25, 0.3) is 33.5 Å². The van der Waals surface area contributed by atoms with Crippen molar-refractivity contribution in [1.29, 1.82) is 0 Å². The number of aromatic nitrogens is 2. The van der Waals surface area contributed by atoms with E-state index in [9.17, 15) is 32.7 Å². The van der Waals surface area contributed by atoms with Gasteiger partial charge in [0, 0.05) is 23.8 Å². The molecule has 3 aliphatic rings. The van der Waals surface area contributed by atoms with Crippen LogP contribution in [0.4, 0.5) is 0 Å². The fraction of sp³-hybridized carbons (Fsp3) is 0.545. The van der Waals surface area contributed by atoms with E-state index in [4.69, 9.17) is 35.2 Å². The number of esters is 1. The second-order valence-corrected chi connectivity index (χ2v) is 22.4. The van der Waals surface area contributed by atoms with E-state index in [1.54, 1.807) is 58.2 Å². The standard InChI is InChI=1S/C44H54ClN5O11S2/c1-11-22-19-44(22,39(54)49-63(56,57)24-12-13-24)48-37(52)28-16-23(20-50(28)38(53)25(41(2,3)4)17-32(51)61-42(5,6)7)59-31-18-26(27-21-62-40(47-27)43(8,9)55)46-35-33-29(60-36(31)35)14-15-30(58-10)34(33)45/h11,14-15,18,21-25,28,55H,1,12-13,16-17,19-20H2,2-10H3,(H,48,52)(H,49,54)/t22-,23-,25-,28+,44-/m1/s1. The summed E-state index contributed by atoms with van der Waals surface area (Å²) in [5, 5.41) is 15.7. The number of carbonyl (C=O) groups is 4. The monoisotopic (exact) mass is 927 g/mol. The molecule has 4 heterocycles. The van der Waals surface area contributed by atoms with Gasteiger partial charge in [-0.3, -0.25) is 23.9 Å². The van der Waals surface area contributed by atoms with Gasteiger partial charge in [-0.2, -0.15) is 0 Å². The topological polar surface area (TPSA) is 217 Å². The molecule has 2 aliphatic carbocycles. The summed E-state index contributed by atoms with van der Waals surface area (Å²) >= 11 is 8.09. The molecular weight excluding hydrogens is 874 g/mol. The maximum atomic E-state index is 14.9. The van der Waals surface area contributed by atoms with Crippen LogP contribution in [0, 0.1) is 17.3 Å². The summed E-state index contributed by atoms with van der Waals surface area (Å²) in [5.41, 5.74) is -2.75. The van der Waals surface area contributed by atoms with Crippen molar-refractivity contribution < 1.29 is 51.3 Å². The number of halogens is 1. The maximum Gasteiger partial charge on any atom is 0.307 e. The fourth-order valence-corrected chi connectivity index (χ4v) is 10.4. The van der Waals surface area contributed by atoms with Gasteiger partial charge in [0.05, 0.1) is 47.3 Å². The van der Waals surface area contributed by atoms with Crippen LogP contribution in [0.2, 0.25) is 5.02 Å². The smallest absolute Gasteiger partial charge is 0.307 e. The highest BCUT2D eigenvalue weighted by Gasteiger charge is 2.62. The Hall–Kier alpha value is -4.78. The lowest BCUT2D eigenvalue weighted by Gasteiger charge is -2.35. The highest BCUT2D eigenvalue weighted by Crippen LogP contribution is 2.47. The largest absolute Gasteiger partial charge is 0.495 e. The first kappa shape index (κ1) is 46.2. The van der Waals surface area contributed by atoms with Gasteiger partial charge in [-0.25, -0.2) is 18.4 Å². The molecule has 19 heteroatoms. The molecule has 63 heavy (non-hydrogen) atoms. The van der Waals surface area contributed by atoms with Crippen LogP contribution in [0.3, 0.4) is 0 Å². The number of furan rings is 1. The molecule has 0 unspecified atom stereocenters. The van der Waals surface area contributed by atoms with Crippen LogP contribution in [0.15, 0.2) is 40.7 Å². The number of nitrogens with zero attached hydrogens (tertiary/aromatic N) is 3. The van der Waals surface area contributed by atoms with E-state index < -0.39 is 85.1 Å². The van der Waals surface area contributed by atoms with E-state index in [2.05, 4.69) is 21.6 Å². The number of rotatable bonds is 14. The average Bonchev–Trinajstić information content (AvgIpc) is 3.99. The number of pyridine rings is 1. The third kappa shape index (κ3) is 9.40. The Labute approximate surface area is 375 Å². The van der Waals surface area contributed by atoms with Crippen molar-refractivity contribution in [3.8, 4) is 22.9 Å². The highest BCUT2D eigenvalue weighted by molar-refractivity contribution is 7.91. The van der Waals surface area contributed by atoms with E-state index >= 15 is 0 Å². The molecule has 4 aromatic rings. The van der Waals surface area contributed by atoms with Crippen molar-refractivity contribution >= 4 is 78.7 Å². The van der Waals surface area contributed by atoms with Gasteiger partial charge in [0.25, 0.3) is 5.91 Å². The normalized spacial score (nSPS) is 22.1. The summed E-state index contributed by atoms with van der Waals surface area (Å²) in [4.78, 5) is 67.4. The van der Waals surface area contributed by atoms with Gasteiger partial charge in [-0.05, 0) is 71.4 Å². The lowest BCUT2D eigenvalue weighted by atomic mass is 9.77. The zero-order chi connectivity index (χ0) is 46.2. The molecule has 1 aromatic carbocycles. The van der Waals surface area contributed by atoms with E-state index in [-0.39, 0.29) is 42.2 Å². The van der Waals surface area contributed by atoms with Crippen molar-refractivity contribution in [2.75, 3.05) is 13.7 Å². The third-order valence-corrected chi connectivity index (χ3v) is 14.8. The number of fused-ring (bicyclic) bond motifs is 3. The Morgan fingerprint density at radius 2 is 1.79 bits per heavy atom. The van der Waals surface area contributed by atoms with Crippen molar-refractivity contribution in [3.05, 3.63) is 46.3 Å². The minimum Gasteiger partial charge on any atom is -0.495 e. The van der Waals surface area contributed by atoms with E-state index in [0.29, 0.717) is 51.5 Å². The number of hydrogen-bond donors (Lipinski definition) is 3. The lowest BCUT2D eigenvalue weighted by molar-refractivity contribution is -0.161. The van der Waals surface area contributed by atoms with Gasteiger partial charge >= 0.3 is 5.97 Å². The van der Waals surface area contributed by atoms with E-state index in [1.165, 1.54) is 29.4 Å². The first-order valence-corrected chi connectivity index (χ1v) is 23.5. The highest BCUT2D eigenvalue weighted by atomic mass is 35.5. The number of methoxy groups -OCH3 is 1. The van der Waals surface area contributed by atoms with Crippen molar-refractivity contribution in [3.63, 3.8) is 0 Å². The van der Waals surface area contributed by atoms with Gasteiger partial charge in [-0.1, -0.05) is 38.4 Å². The number of thiazole rings is 1. The number of likely N-dealkylation sites (tertiary alicyclic amines) is 1. The van der Waals surface area contributed by atoms with Crippen molar-refractivity contribution in [2.45, 2.75) is 122 Å². The minimum atomic E-state index is -3.96. The average molecular weight is 929 g/mol. The molecule has 3 amide bonds. The SMILES string of the molecule is C=C[C@@H]1C[C@]1(NC(=O)[C@@H]1C[C@@H](Oc2cc(-c3csc(C(C)(C)O)n3)nc3c2oc2ccc(OC)c(Cl)c23)CN1C(=O)[C@@H](CC(=O)OC(C)(C)C)C(C)(C)C)C(=O)NS(=O)(=O)C1CC1. The Morgan fingerprint density at radius 1 is 1.10 bits per heavy atom. The molecule has 1 saturated heterocycles. The molecule has 7 rings (SSSR count). The maximum absolute atomic E-state index is 14.9. The molecule has 3 fully saturated rings. The van der Waals surface area contributed by atoms with Crippen LogP contribution >= 0.6 is 22.9 Å². The fourth-order valence-electron chi connectivity index (χ4n) is 7.87. The Morgan fingerprint density at radius 3 is 2.37 bits per heavy atom. The molecule has 5 atom stereocenters. The quantitative estimate of drug-likeness (QED) is 0.0922. The van der Waals surface area contributed by atoms with Gasteiger partial charge in [0.2, 0.25) is 21.8 Å². The van der Waals surface area contributed by atoms with Gasteiger partial charge in [0.1, 0.15) is 56.4 Å². The lowest BCUT2D eigenvalue weighted by Crippen LogP contribution is -2.57. The predicted octanol–water partition coefficient (Wildman–Crippen LogP) is 6.41. The number of ether oxygens (including phenoxy) is 3. The summed E-state index contributed by atoms with van der Waals surface area (Å²) in [6.07, 6.45) is 1.21. The summed E-state index contributed by atoms with van der Waals surface area (Å²) in [7, 11) is -2.47. The molecule has 3 aromatic heterocycles. The number of sulfonamides is 1. The summed E-state index contributed by atoms with van der Waals surface area (Å²) < 4.78 is 52.1. The van der Waals surface area contributed by atoms with Crippen molar-refractivity contribution in [2.24, 2.45) is 17.3 Å². The number of hydrogen-bond acceptors (Lipinski definition) is 14. The first-order valence-electron chi connectivity index (χ1n) is 20.7. The Kier molecular flexibility index (Phi) is 12.0. The van der Waals surface area contributed by atoms with Crippen LogP contribution < -0.4 is 19.5 Å². The van der Waals surface area contributed by atoms with Crippen molar-refractivity contribution in [1.82, 2.24) is 24.9 Å². The molecule has 2 saturated carbocycles. The van der Waals surface area contributed by atoms with Crippen LogP contribution in [-0.4, -0.2) is 94.3 Å². The Bertz CT molecular complexity index is 2620. The number of amides is 3. The molecule has 0 spiro atoms. The zero-order valence-corrected chi connectivity index (χ0v) is 39.2. The minimum absolute atomic E-state index is 0.0782. The van der Waals surface area contributed by atoms with E-state index in [1.807, 2.05) is 20.8 Å². The van der Waals surface area contributed by atoms with E-state index in [0.717, 1.165) is 0 Å². The second kappa shape index (κ2) is 16.3. The third-order valence-electron chi connectivity index (χ3n) is 11.5. The number of benzene rings is 1. The molecule has 340 valence electrons. The molecule has 0 radical (unpaired) electrons. The first-order chi connectivity index (χ1) is 29.3. The molecular formula is C44H54ClN5O11S2. The Balaban J connectivity index is 1.28. The zero-order valence-electron chi connectivity index (χ0n) is 36.8. The predicted molar refractivity (Wildman–Crippen MR) is 237 cm³/mol. The number of carbonyl (C=O) groups excluding carboxylic acids is 4. The van der Waals surface area contributed by atoms with Gasteiger partial charge < -0.3 is 34.0 Å². The molecule has 3 N–H and O–H groups in total. The molecule has 16 nitrogen and oxygen atoms in total. The van der Waals surface area contributed by atoms with Gasteiger partial charge in [0.15, 0.2) is 11.3 Å². The number of nitrogens with one attached hydrogen (secondary N) is 2. The molecule has 1 aliphatic heterocycles. The van der Waals surface area contributed by atoms with Crippen LogP contribution in [-0.2, 0) is 39.5 Å². The summed E-state index contributed by atoms with van der Waals surface area (Å²) in [6.45, 7) is 17.5. The van der Waals surface area contributed by atoms with Crippen LogP contribution in [0.1, 0.15) is 92.5 Å². The van der Waals surface area contributed by atoms with Gasteiger partial charge in [-0.15, -0.1) is 17.9 Å². The second-order valence-electron chi connectivity index (χ2n) is 19.2. The summed E-state index contributed by atoms with van der Waals surface area (Å²) in [5.74, 6) is -3.67. The number of aliphatic hydroxyl groups is 1. The summed E-state index contributed by atoms with van der Waals surface area (Å²) in [6, 6.07) is 3.73. The van der Waals surface area contributed by atoms with Crippen LogP contribution in [0.5, 0.6) is 11.5 Å².